The largest absolute Gasteiger partial charge is 0.409 e. The maximum absolute atomic E-state index is 11.9. The van der Waals surface area contributed by atoms with Crippen molar-refractivity contribution in [2.45, 2.75) is 32.7 Å². The Morgan fingerprint density at radius 1 is 1.56 bits per heavy atom. The van der Waals surface area contributed by atoms with E-state index >= 15 is 0 Å². The van der Waals surface area contributed by atoms with Gasteiger partial charge in [0.1, 0.15) is 5.69 Å². The van der Waals surface area contributed by atoms with Crippen LogP contribution >= 0.6 is 0 Å². The van der Waals surface area contributed by atoms with Gasteiger partial charge in [0.2, 0.25) is 0 Å². The van der Waals surface area contributed by atoms with Crippen LogP contribution in [-0.2, 0) is 0 Å². The molecule has 0 aliphatic heterocycles. The standard InChI is InChI=1S/C12H18N4O2/c1-4-12(2,3)15-11(17)9-6-5-8(7-14-9)10(13)16-18/h5-7,18H,4H2,1-3H3,(H2,13,16)(H,15,17). The number of aromatic nitrogens is 1. The molecule has 1 aromatic rings. The summed E-state index contributed by atoms with van der Waals surface area (Å²) < 4.78 is 0. The molecule has 0 saturated heterocycles. The van der Waals surface area contributed by atoms with Gasteiger partial charge in [-0.15, -0.1) is 0 Å². The first-order valence-electron chi connectivity index (χ1n) is 5.66. The molecule has 0 fully saturated rings. The summed E-state index contributed by atoms with van der Waals surface area (Å²) in [5, 5.41) is 14.2. The summed E-state index contributed by atoms with van der Waals surface area (Å²) >= 11 is 0. The molecule has 1 amide bonds. The minimum absolute atomic E-state index is 0.0386. The zero-order chi connectivity index (χ0) is 13.8. The molecule has 0 radical (unpaired) electrons. The van der Waals surface area contributed by atoms with E-state index in [0.717, 1.165) is 6.42 Å². The van der Waals surface area contributed by atoms with Gasteiger partial charge < -0.3 is 16.3 Å². The molecule has 1 heterocycles. The Morgan fingerprint density at radius 3 is 2.67 bits per heavy atom. The molecule has 0 bridgehead atoms. The first-order valence-corrected chi connectivity index (χ1v) is 5.66. The Labute approximate surface area is 106 Å². The lowest BCUT2D eigenvalue weighted by atomic mass is 10.0. The summed E-state index contributed by atoms with van der Waals surface area (Å²) in [6.07, 6.45) is 2.21. The van der Waals surface area contributed by atoms with Crippen molar-refractivity contribution >= 4 is 11.7 Å². The molecule has 0 spiro atoms. The second-order valence-corrected chi connectivity index (χ2v) is 4.61. The number of carbonyl (C=O) groups is 1. The number of nitrogens with one attached hydrogen (secondary N) is 1. The van der Waals surface area contributed by atoms with Crippen molar-refractivity contribution in [2.24, 2.45) is 10.9 Å². The molecule has 0 atom stereocenters. The number of hydrogen-bond donors (Lipinski definition) is 3. The van der Waals surface area contributed by atoms with Gasteiger partial charge in [0.15, 0.2) is 5.84 Å². The summed E-state index contributed by atoms with van der Waals surface area (Å²) in [4.78, 5) is 15.9. The number of hydrogen-bond acceptors (Lipinski definition) is 4. The quantitative estimate of drug-likeness (QED) is 0.322. The number of oxime groups is 1. The summed E-state index contributed by atoms with van der Waals surface area (Å²) in [6.45, 7) is 5.88. The fourth-order valence-electron chi connectivity index (χ4n) is 1.20. The second kappa shape index (κ2) is 5.48. The van der Waals surface area contributed by atoms with Gasteiger partial charge in [-0.25, -0.2) is 0 Å². The average Bonchev–Trinajstić information content (AvgIpc) is 2.37. The third kappa shape index (κ3) is 3.44. The van der Waals surface area contributed by atoms with Crippen molar-refractivity contribution in [3.05, 3.63) is 29.6 Å². The number of pyridine rings is 1. The van der Waals surface area contributed by atoms with E-state index in [1.807, 2.05) is 20.8 Å². The maximum atomic E-state index is 11.9. The van der Waals surface area contributed by atoms with Crippen molar-refractivity contribution in [2.75, 3.05) is 0 Å². The summed E-state index contributed by atoms with van der Waals surface area (Å²) in [5.74, 6) is -0.281. The minimum Gasteiger partial charge on any atom is -0.409 e. The van der Waals surface area contributed by atoms with Crippen LogP contribution in [0.5, 0.6) is 0 Å². The zero-order valence-corrected chi connectivity index (χ0v) is 10.8. The van der Waals surface area contributed by atoms with E-state index in [0.29, 0.717) is 11.3 Å². The van der Waals surface area contributed by atoms with Crippen LogP contribution in [0.3, 0.4) is 0 Å². The fraction of sp³-hybridized carbons (Fsp3) is 0.417. The topological polar surface area (TPSA) is 101 Å². The lowest BCUT2D eigenvalue weighted by Crippen LogP contribution is -2.43. The highest BCUT2D eigenvalue weighted by molar-refractivity contribution is 5.98. The van der Waals surface area contributed by atoms with Crippen molar-refractivity contribution in [1.82, 2.24) is 10.3 Å². The van der Waals surface area contributed by atoms with Crippen LogP contribution in [0, 0.1) is 0 Å². The third-order valence-electron chi connectivity index (χ3n) is 2.74. The van der Waals surface area contributed by atoms with Gasteiger partial charge in [-0.3, -0.25) is 9.78 Å². The van der Waals surface area contributed by atoms with Gasteiger partial charge >= 0.3 is 0 Å². The average molecular weight is 250 g/mol. The van der Waals surface area contributed by atoms with Gasteiger partial charge in [-0.05, 0) is 32.4 Å². The number of nitrogens with zero attached hydrogens (tertiary/aromatic N) is 2. The highest BCUT2D eigenvalue weighted by Crippen LogP contribution is 2.08. The zero-order valence-electron chi connectivity index (χ0n) is 10.8. The predicted octanol–water partition coefficient (Wildman–Crippen LogP) is 1.09. The van der Waals surface area contributed by atoms with Crippen molar-refractivity contribution in [1.29, 1.82) is 0 Å². The molecule has 1 rings (SSSR count). The minimum atomic E-state index is -0.275. The third-order valence-corrected chi connectivity index (χ3v) is 2.74. The molecule has 6 heteroatoms. The predicted molar refractivity (Wildman–Crippen MR) is 68.6 cm³/mol. The number of amidine groups is 1. The van der Waals surface area contributed by atoms with Crippen molar-refractivity contribution < 1.29 is 10.0 Å². The van der Waals surface area contributed by atoms with Crippen molar-refractivity contribution in [3.63, 3.8) is 0 Å². The van der Waals surface area contributed by atoms with E-state index in [-0.39, 0.29) is 17.3 Å². The van der Waals surface area contributed by atoms with E-state index < -0.39 is 0 Å². The molecule has 18 heavy (non-hydrogen) atoms. The van der Waals surface area contributed by atoms with E-state index in [9.17, 15) is 4.79 Å². The number of nitrogens with two attached hydrogens (primary N) is 1. The number of amides is 1. The SMILES string of the molecule is CCC(C)(C)NC(=O)c1ccc(C(N)=NO)cn1. The van der Waals surface area contributed by atoms with Gasteiger partial charge in [-0.1, -0.05) is 12.1 Å². The van der Waals surface area contributed by atoms with E-state index in [1.54, 1.807) is 6.07 Å². The highest BCUT2D eigenvalue weighted by Gasteiger charge is 2.19. The molecule has 4 N–H and O–H groups in total. The molecule has 6 nitrogen and oxygen atoms in total. The lowest BCUT2D eigenvalue weighted by Gasteiger charge is -2.24. The number of carbonyl (C=O) groups excluding carboxylic acids is 1. The lowest BCUT2D eigenvalue weighted by molar-refractivity contribution is 0.0906. The highest BCUT2D eigenvalue weighted by atomic mass is 16.4. The fourth-order valence-corrected chi connectivity index (χ4v) is 1.20. The van der Waals surface area contributed by atoms with Crippen LogP contribution in [0.1, 0.15) is 43.2 Å². The summed E-state index contributed by atoms with van der Waals surface area (Å²) in [6, 6.07) is 3.12. The molecule has 0 unspecified atom stereocenters. The first-order chi connectivity index (χ1) is 8.39. The van der Waals surface area contributed by atoms with Gasteiger partial charge in [-0.2, -0.15) is 0 Å². The van der Waals surface area contributed by atoms with Gasteiger partial charge in [0, 0.05) is 17.3 Å². The Kier molecular flexibility index (Phi) is 4.25. The van der Waals surface area contributed by atoms with Crippen molar-refractivity contribution in [3.8, 4) is 0 Å². The first kappa shape index (κ1) is 14.0. The van der Waals surface area contributed by atoms with Gasteiger partial charge in [0.25, 0.3) is 5.91 Å². The van der Waals surface area contributed by atoms with E-state index in [2.05, 4.69) is 15.5 Å². The van der Waals surface area contributed by atoms with Gasteiger partial charge in [0.05, 0.1) is 0 Å². The molecule has 0 aliphatic carbocycles. The molecule has 0 aromatic carbocycles. The molecule has 0 aliphatic rings. The van der Waals surface area contributed by atoms with Crippen LogP contribution in [0.15, 0.2) is 23.5 Å². The Balaban J connectivity index is 2.83. The normalized spacial score (nSPS) is 12.3. The van der Waals surface area contributed by atoms with Crippen LogP contribution in [-0.4, -0.2) is 27.5 Å². The monoisotopic (exact) mass is 250 g/mol. The smallest absolute Gasteiger partial charge is 0.270 e. The van der Waals surface area contributed by atoms with Crippen LogP contribution < -0.4 is 11.1 Å². The summed E-state index contributed by atoms with van der Waals surface area (Å²) in [5.41, 5.74) is 5.89. The maximum Gasteiger partial charge on any atom is 0.270 e. The number of rotatable bonds is 4. The van der Waals surface area contributed by atoms with E-state index in [4.69, 9.17) is 10.9 Å². The molecule has 98 valence electrons. The Bertz CT molecular complexity index is 452. The van der Waals surface area contributed by atoms with Crippen LogP contribution in [0.2, 0.25) is 0 Å². The molecular weight excluding hydrogens is 232 g/mol. The molecular formula is C12H18N4O2. The van der Waals surface area contributed by atoms with E-state index in [1.165, 1.54) is 12.3 Å². The second-order valence-electron chi connectivity index (χ2n) is 4.61. The molecule has 1 aromatic heterocycles. The summed E-state index contributed by atoms with van der Waals surface area (Å²) in [7, 11) is 0. The Morgan fingerprint density at radius 2 is 2.22 bits per heavy atom. The van der Waals surface area contributed by atoms with Crippen LogP contribution in [0.4, 0.5) is 0 Å². The molecule has 0 saturated carbocycles. The Hall–Kier alpha value is -2.11. The van der Waals surface area contributed by atoms with Crippen LogP contribution in [0.25, 0.3) is 0 Å².